The van der Waals surface area contributed by atoms with E-state index in [4.69, 9.17) is 8.92 Å². The molecule has 3 heteroatoms. The zero-order valence-electron chi connectivity index (χ0n) is 10.9. The summed E-state index contributed by atoms with van der Waals surface area (Å²) in [6.45, 7) is 6.84. The van der Waals surface area contributed by atoms with E-state index in [0.29, 0.717) is 0 Å². The first-order chi connectivity index (χ1) is 6.68. The summed E-state index contributed by atoms with van der Waals surface area (Å²) in [5, 5.41) is 0. The minimum absolute atomic E-state index is 0. The van der Waals surface area contributed by atoms with Crippen molar-refractivity contribution in [1.29, 1.82) is 0 Å². The third-order valence-corrected chi connectivity index (χ3v) is 17.4. The van der Waals surface area contributed by atoms with E-state index in [1.165, 1.54) is 51.8 Å². The molecule has 0 spiro atoms. The number of rotatable bonds is 9. The van der Waals surface area contributed by atoms with Gasteiger partial charge in [0.15, 0.2) is 0 Å². The van der Waals surface area contributed by atoms with Crippen LogP contribution in [0, 0.1) is 0 Å². The van der Waals surface area contributed by atoms with E-state index in [-0.39, 0.29) is 9.90 Å². The molecule has 0 rings (SSSR count). The fourth-order valence-electron chi connectivity index (χ4n) is 1.86. The van der Waals surface area contributed by atoms with Crippen molar-refractivity contribution in [3.05, 3.63) is 0 Å². The maximum atomic E-state index is 6.89. The molecule has 94 valence electrons. The molecule has 0 saturated heterocycles. The molecule has 0 aromatic carbocycles. The van der Waals surface area contributed by atoms with Crippen LogP contribution in [0.2, 0.25) is 13.3 Å². The minimum Gasteiger partial charge on any atom is -0.153 e. The first kappa shape index (κ1) is 18.9. The van der Waals surface area contributed by atoms with Crippen molar-refractivity contribution in [2.24, 2.45) is 0 Å². The Bertz CT molecular complexity index is 109. The second kappa shape index (κ2) is 12.0. The van der Waals surface area contributed by atoms with Crippen LogP contribution < -0.4 is 0 Å². The molecule has 0 N–H and O–H groups in total. The van der Waals surface area contributed by atoms with Gasteiger partial charge >= 0.3 is 98.8 Å². The first-order valence-electron chi connectivity index (χ1n) is 6.37. The van der Waals surface area contributed by atoms with Crippen LogP contribution in [-0.4, -0.2) is 17.3 Å². The summed E-state index contributed by atoms with van der Waals surface area (Å²) in [4.78, 5) is 0. The van der Waals surface area contributed by atoms with E-state index < -0.39 is 17.3 Å². The van der Waals surface area contributed by atoms with Gasteiger partial charge in [0.2, 0.25) is 0 Å². The summed E-state index contributed by atoms with van der Waals surface area (Å²) < 4.78 is 4.27. The Balaban J connectivity index is 0. The van der Waals surface area contributed by atoms with Crippen LogP contribution in [-0.2, 0) is 0 Å². The monoisotopic (exact) mass is 360 g/mol. The van der Waals surface area contributed by atoms with Gasteiger partial charge < -0.3 is 0 Å². The molecular weight excluding hydrogens is 329 g/mol. The predicted octanol–water partition coefficient (Wildman–Crippen LogP) is 5.63. The zero-order valence-corrected chi connectivity index (χ0v) is 16.0. The molecule has 0 aliphatic heterocycles. The molecule has 0 nitrogen and oxygen atoms in total. The molecule has 0 heterocycles. The van der Waals surface area contributed by atoms with E-state index in [1.54, 1.807) is 0 Å². The van der Waals surface area contributed by atoms with Crippen LogP contribution >= 0.6 is 18.8 Å². The van der Waals surface area contributed by atoms with Crippen LogP contribution in [0.15, 0.2) is 0 Å². The van der Waals surface area contributed by atoms with Gasteiger partial charge in [0, 0.05) is 0 Å². The van der Waals surface area contributed by atoms with Crippen LogP contribution in [0.25, 0.3) is 0 Å². The molecule has 1 atom stereocenters. The minimum atomic E-state index is -2.09. The van der Waals surface area contributed by atoms with Gasteiger partial charge in [-0.05, 0) is 0 Å². The van der Waals surface area contributed by atoms with E-state index in [2.05, 4.69) is 20.8 Å². The van der Waals surface area contributed by atoms with Crippen molar-refractivity contribution in [3.63, 3.8) is 0 Å². The van der Waals surface area contributed by atoms with E-state index in [9.17, 15) is 0 Å². The maximum Gasteiger partial charge on any atom is -0.153 e. The van der Waals surface area contributed by atoms with Gasteiger partial charge in [-0.15, -0.1) is 0 Å². The van der Waals surface area contributed by atoms with Crippen molar-refractivity contribution in [2.45, 2.75) is 72.6 Å². The number of hydrogen-bond acceptors (Lipinski definition) is 0. The van der Waals surface area contributed by atoms with Crippen LogP contribution in [0.3, 0.4) is 0 Å². The van der Waals surface area contributed by atoms with E-state index >= 15 is 0 Å². The Morgan fingerprint density at radius 2 is 1.00 bits per heavy atom. The van der Waals surface area contributed by atoms with Crippen molar-refractivity contribution < 1.29 is 0 Å². The summed E-state index contributed by atoms with van der Waals surface area (Å²) in [6.07, 6.45) is 8.12. The Morgan fingerprint density at radius 3 is 1.20 bits per heavy atom. The van der Waals surface area contributed by atoms with Crippen molar-refractivity contribution in [3.8, 4) is 0 Å². The van der Waals surface area contributed by atoms with E-state index in [0.717, 1.165) is 0 Å². The van der Waals surface area contributed by atoms with E-state index in [1.807, 2.05) is 0 Å². The summed E-state index contributed by atoms with van der Waals surface area (Å²) in [7, 11) is 6.89. The molecule has 0 fully saturated rings. The normalized spacial score (nSPS) is 11.2. The third kappa shape index (κ3) is 10.4. The molecule has 15 heavy (non-hydrogen) atoms. The molecule has 0 amide bonds. The summed E-state index contributed by atoms with van der Waals surface area (Å²) in [5.41, 5.74) is 0. The average molecular weight is 360 g/mol. The number of halogens is 1. The second-order valence-corrected chi connectivity index (χ2v) is 20.7. The van der Waals surface area contributed by atoms with Crippen LogP contribution in [0.1, 0.15) is 59.3 Å². The quantitative estimate of drug-likeness (QED) is 0.370. The molecule has 1 unspecified atom stereocenters. The third-order valence-electron chi connectivity index (χ3n) is 2.94. The number of hydrogen-bond donors (Lipinski definition) is 0. The molecule has 0 saturated carbocycles. The molecule has 0 aliphatic carbocycles. The molecular formula is C12H30ClPSn. The average Bonchev–Trinajstić information content (AvgIpc) is 2.21. The van der Waals surface area contributed by atoms with Gasteiger partial charge in [-0.2, -0.15) is 9.90 Å². The fourth-order valence-corrected chi connectivity index (χ4v) is 15.1. The second-order valence-electron chi connectivity index (χ2n) is 4.46. The van der Waals surface area contributed by atoms with Gasteiger partial charge in [-0.1, -0.05) is 0 Å². The standard InChI is InChI=1S/3C4H9.ClH.H3P.Sn/c3*1-3-4-2;;;/h3*1,3-4H2,2H3;1H;1H3;/q;;;;;+1/p-1. The van der Waals surface area contributed by atoms with Gasteiger partial charge in [-0.3, -0.25) is 0 Å². The Hall–Kier alpha value is 1.52. The Labute approximate surface area is 108 Å². The topological polar surface area (TPSA) is 0 Å². The largest absolute Gasteiger partial charge is 0.153 e. The summed E-state index contributed by atoms with van der Waals surface area (Å²) in [6, 6.07) is 0. The smallest absolute Gasteiger partial charge is 0.153 e. The van der Waals surface area contributed by atoms with Gasteiger partial charge in [-0.25, -0.2) is 0 Å². The van der Waals surface area contributed by atoms with Crippen LogP contribution in [0.5, 0.6) is 0 Å². The van der Waals surface area contributed by atoms with Crippen LogP contribution in [0.4, 0.5) is 0 Å². The van der Waals surface area contributed by atoms with Crippen molar-refractivity contribution in [2.75, 3.05) is 0 Å². The first-order valence-corrected chi connectivity index (χ1v) is 16.0. The summed E-state index contributed by atoms with van der Waals surface area (Å²) >= 11 is -2.09. The van der Waals surface area contributed by atoms with Crippen molar-refractivity contribution in [1.82, 2.24) is 0 Å². The summed E-state index contributed by atoms with van der Waals surface area (Å²) in [5.74, 6) is 0. The molecule has 0 bridgehead atoms. The Morgan fingerprint density at radius 1 is 0.733 bits per heavy atom. The number of unbranched alkanes of at least 4 members (excludes halogenated alkanes) is 3. The fraction of sp³-hybridized carbons (Fsp3) is 1.00. The van der Waals surface area contributed by atoms with Gasteiger partial charge in [0.25, 0.3) is 0 Å². The predicted molar refractivity (Wildman–Crippen MR) is 81.9 cm³/mol. The molecule has 0 radical (unpaired) electrons. The molecule has 0 aromatic rings. The molecule has 0 aromatic heterocycles. The zero-order chi connectivity index (χ0) is 10.9. The van der Waals surface area contributed by atoms with Gasteiger partial charge in [0.1, 0.15) is 0 Å². The van der Waals surface area contributed by atoms with Crippen molar-refractivity contribution >= 4 is 36.1 Å². The Kier molecular flexibility index (Phi) is 15.1. The van der Waals surface area contributed by atoms with Gasteiger partial charge in [0.05, 0.1) is 0 Å². The molecule has 0 aliphatic rings. The SMILES string of the molecule is CCC[CH2][Sn]([Cl])([CH2]CCC)[CH2]CCC.P. The maximum absolute atomic E-state index is 6.89.